The van der Waals surface area contributed by atoms with Crippen LogP contribution in [0.5, 0.6) is 0 Å². The first-order valence-electron chi connectivity index (χ1n) is 7.13. The SMILES string of the molecule is NCC1(C2(O)CC3CCC2C3)CCCCC1. The summed E-state index contributed by atoms with van der Waals surface area (Å²) in [5.74, 6) is 1.37. The summed E-state index contributed by atoms with van der Waals surface area (Å²) in [7, 11) is 0. The Morgan fingerprint density at radius 1 is 1.12 bits per heavy atom. The lowest BCUT2D eigenvalue weighted by Gasteiger charge is -2.51. The van der Waals surface area contributed by atoms with E-state index in [1.165, 1.54) is 51.4 Å². The second-order valence-corrected chi connectivity index (χ2v) is 6.55. The highest BCUT2D eigenvalue weighted by molar-refractivity contribution is 5.11. The average Bonchev–Trinajstić information content (AvgIpc) is 2.90. The molecule has 3 saturated carbocycles. The highest BCUT2D eigenvalue weighted by atomic mass is 16.3. The van der Waals surface area contributed by atoms with Crippen molar-refractivity contribution in [2.24, 2.45) is 23.0 Å². The molecule has 3 rings (SSSR count). The third kappa shape index (κ3) is 1.32. The molecule has 3 N–H and O–H groups in total. The summed E-state index contributed by atoms with van der Waals surface area (Å²) in [4.78, 5) is 0. The lowest BCUT2D eigenvalue weighted by Crippen LogP contribution is -2.56. The van der Waals surface area contributed by atoms with Crippen molar-refractivity contribution in [1.82, 2.24) is 0 Å². The van der Waals surface area contributed by atoms with Crippen molar-refractivity contribution in [2.45, 2.75) is 63.4 Å². The molecule has 0 aromatic carbocycles. The van der Waals surface area contributed by atoms with Crippen molar-refractivity contribution >= 4 is 0 Å². The third-order valence-corrected chi connectivity index (χ3v) is 5.94. The maximum atomic E-state index is 11.2. The molecule has 0 saturated heterocycles. The fraction of sp³-hybridized carbons (Fsp3) is 1.00. The van der Waals surface area contributed by atoms with Crippen molar-refractivity contribution < 1.29 is 5.11 Å². The summed E-state index contributed by atoms with van der Waals surface area (Å²) in [6.07, 6.45) is 11.2. The first-order valence-corrected chi connectivity index (χ1v) is 7.13. The Balaban J connectivity index is 1.88. The van der Waals surface area contributed by atoms with E-state index in [4.69, 9.17) is 5.73 Å². The molecule has 0 aromatic heterocycles. The first-order chi connectivity index (χ1) is 7.70. The fourth-order valence-corrected chi connectivity index (χ4v) is 4.99. The van der Waals surface area contributed by atoms with Gasteiger partial charge in [0.1, 0.15) is 0 Å². The number of hydrogen-bond acceptors (Lipinski definition) is 2. The van der Waals surface area contributed by atoms with Crippen LogP contribution in [-0.2, 0) is 0 Å². The average molecular weight is 223 g/mol. The molecule has 2 nitrogen and oxygen atoms in total. The molecule has 16 heavy (non-hydrogen) atoms. The fourth-order valence-electron chi connectivity index (χ4n) is 4.99. The van der Waals surface area contributed by atoms with Crippen LogP contribution in [0.3, 0.4) is 0 Å². The van der Waals surface area contributed by atoms with Crippen LogP contribution < -0.4 is 5.73 Å². The second-order valence-electron chi connectivity index (χ2n) is 6.55. The third-order valence-electron chi connectivity index (χ3n) is 5.94. The van der Waals surface area contributed by atoms with Crippen LogP contribution in [0.1, 0.15) is 57.8 Å². The van der Waals surface area contributed by atoms with E-state index in [0.29, 0.717) is 12.5 Å². The van der Waals surface area contributed by atoms with Gasteiger partial charge in [0, 0.05) is 12.0 Å². The zero-order valence-corrected chi connectivity index (χ0v) is 10.3. The molecule has 2 bridgehead atoms. The molecule has 3 atom stereocenters. The highest BCUT2D eigenvalue weighted by Gasteiger charge is 2.60. The van der Waals surface area contributed by atoms with Crippen LogP contribution in [0, 0.1) is 17.3 Å². The number of nitrogens with two attached hydrogens (primary N) is 1. The molecule has 0 aromatic rings. The van der Waals surface area contributed by atoms with Crippen LogP contribution in [-0.4, -0.2) is 17.3 Å². The van der Waals surface area contributed by atoms with Crippen molar-refractivity contribution in [3.05, 3.63) is 0 Å². The van der Waals surface area contributed by atoms with E-state index in [-0.39, 0.29) is 5.41 Å². The normalized spacial score (nSPS) is 46.1. The molecule has 92 valence electrons. The minimum absolute atomic E-state index is 0.0745. The predicted molar refractivity (Wildman–Crippen MR) is 65.0 cm³/mol. The van der Waals surface area contributed by atoms with E-state index >= 15 is 0 Å². The van der Waals surface area contributed by atoms with Crippen LogP contribution in [0.2, 0.25) is 0 Å². The first kappa shape index (κ1) is 11.0. The Morgan fingerprint density at radius 2 is 1.88 bits per heavy atom. The summed E-state index contributed by atoms with van der Waals surface area (Å²) in [5.41, 5.74) is 5.75. The molecule has 3 unspecified atom stereocenters. The summed E-state index contributed by atoms with van der Waals surface area (Å²) < 4.78 is 0. The topological polar surface area (TPSA) is 46.2 Å². The van der Waals surface area contributed by atoms with E-state index in [1.807, 2.05) is 0 Å². The quantitative estimate of drug-likeness (QED) is 0.755. The Hall–Kier alpha value is -0.0800. The predicted octanol–water partition coefficient (Wildman–Crippen LogP) is 2.45. The largest absolute Gasteiger partial charge is 0.389 e. The second kappa shape index (κ2) is 3.71. The number of hydrogen-bond donors (Lipinski definition) is 2. The van der Waals surface area contributed by atoms with Gasteiger partial charge >= 0.3 is 0 Å². The maximum absolute atomic E-state index is 11.2. The van der Waals surface area contributed by atoms with Gasteiger partial charge in [0.25, 0.3) is 0 Å². The van der Waals surface area contributed by atoms with Crippen molar-refractivity contribution in [3.63, 3.8) is 0 Å². The Kier molecular flexibility index (Phi) is 2.56. The molecule has 0 aliphatic heterocycles. The molecule has 3 fully saturated rings. The zero-order chi connectivity index (χ0) is 11.2. The maximum Gasteiger partial charge on any atom is 0.0746 e. The molecule has 0 spiro atoms. The number of rotatable bonds is 2. The molecular weight excluding hydrogens is 198 g/mol. The van der Waals surface area contributed by atoms with Crippen LogP contribution in [0.15, 0.2) is 0 Å². The van der Waals surface area contributed by atoms with Crippen LogP contribution in [0.4, 0.5) is 0 Å². The van der Waals surface area contributed by atoms with Gasteiger partial charge in [-0.25, -0.2) is 0 Å². The van der Waals surface area contributed by atoms with Crippen LogP contribution >= 0.6 is 0 Å². The molecule has 0 radical (unpaired) electrons. The van der Waals surface area contributed by atoms with Gasteiger partial charge in [0.15, 0.2) is 0 Å². The lowest BCUT2D eigenvalue weighted by atomic mass is 9.58. The molecule has 0 heterocycles. The van der Waals surface area contributed by atoms with E-state index in [9.17, 15) is 5.11 Å². The Morgan fingerprint density at radius 3 is 2.38 bits per heavy atom. The van der Waals surface area contributed by atoms with E-state index in [0.717, 1.165) is 12.3 Å². The van der Waals surface area contributed by atoms with Gasteiger partial charge in [-0.1, -0.05) is 19.3 Å². The number of fused-ring (bicyclic) bond motifs is 2. The van der Waals surface area contributed by atoms with Gasteiger partial charge < -0.3 is 10.8 Å². The monoisotopic (exact) mass is 223 g/mol. The standard InChI is InChI=1S/C14H25NO/c15-10-13(6-2-1-3-7-13)14(16)9-11-4-5-12(14)8-11/h11-12,16H,1-10,15H2. The van der Waals surface area contributed by atoms with E-state index in [2.05, 4.69) is 0 Å². The zero-order valence-electron chi connectivity index (χ0n) is 10.3. The van der Waals surface area contributed by atoms with Gasteiger partial charge in [-0.15, -0.1) is 0 Å². The molecule has 0 amide bonds. The summed E-state index contributed by atoms with van der Waals surface area (Å²) >= 11 is 0. The van der Waals surface area contributed by atoms with Crippen molar-refractivity contribution in [1.29, 1.82) is 0 Å². The summed E-state index contributed by atoms with van der Waals surface area (Å²) in [6, 6.07) is 0. The molecule has 2 heteroatoms. The summed E-state index contributed by atoms with van der Waals surface area (Å²) in [6.45, 7) is 0.701. The van der Waals surface area contributed by atoms with E-state index in [1.54, 1.807) is 0 Å². The smallest absolute Gasteiger partial charge is 0.0746 e. The van der Waals surface area contributed by atoms with Gasteiger partial charge in [0.05, 0.1) is 5.60 Å². The molecule has 3 aliphatic rings. The van der Waals surface area contributed by atoms with Gasteiger partial charge in [-0.3, -0.25) is 0 Å². The van der Waals surface area contributed by atoms with E-state index < -0.39 is 5.60 Å². The van der Waals surface area contributed by atoms with Gasteiger partial charge in [-0.2, -0.15) is 0 Å². The molecule has 3 aliphatic carbocycles. The summed E-state index contributed by atoms with van der Waals surface area (Å²) in [5, 5.41) is 11.2. The Bertz CT molecular complexity index is 272. The molecular formula is C14H25NO. The van der Waals surface area contributed by atoms with Gasteiger partial charge in [0.2, 0.25) is 0 Å². The minimum Gasteiger partial charge on any atom is -0.389 e. The minimum atomic E-state index is -0.398. The van der Waals surface area contributed by atoms with Crippen molar-refractivity contribution in [3.8, 4) is 0 Å². The number of aliphatic hydroxyl groups is 1. The Labute approximate surface area is 98.6 Å². The highest BCUT2D eigenvalue weighted by Crippen LogP contribution is 2.60. The van der Waals surface area contributed by atoms with Crippen LogP contribution in [0.25, 0.3) is 0 Å². The lowest BCUT2D eigenvalue weighted by molar-refractivity contribution is -0.134. The van der Waals surface area contributed by atoms with Crippen molar-refractivity contribution in [2.75, 3.05) is 6.54 Å². The van der Waals surface area contributed by atoms with Gasteiger partial charge in [-0.05, 0) is 50.4 Å².